The highest BCUT2D eigenvalue weighted by molar-refractivity contribution is 5.13. The molecule has 1 fully saturated rings. The van der Waals surface area contributed by atoms with Crippen molar-refractivity contribution >= 4 is 0 Å². The zero-order valence-electron chi connectivity index (χ0n) is 9.64. The van der Waals surface area contributed by atoms with Gasteiger partial charge in [0.15, 0.2) is 0 Å². The van der Waals surface area contributed by atoms with Crippen LogP contribution in [0.3, 0.4) is 0 Å². The van der Waals surface area contributed by atoms with Gasteiger partial charge < -0.3 is 9.84 Å². The highest BCUT2D eigenvalue weighted by Gasteiger charge is 2.22. The summed E-state index contributed by atoms with van der Waals surface area (Å²) in [4.78, 5) is 0. The fourth-order valence-corrected chi connectivity index (χ4v) is 2.28. The maximum absolute atomic E-state index is 9.79. The van der Waals surface area contributed by atoms with Gasteiger partial charge in [-0.05, 0) is 18.4 Å². The molecular formula is C14H20O2. The maximum Gasteiger partial charge on any atom is 0.0717 e. The third kappa shape index (κ3) is 3.32. The highest BCUT2D eigenvalue weighted by atomic mass is 16.5. The summed E-state index contributed by atoms with van der Waals surface area (Å²) in [5.41, 5.74) is 1.20. The molecule has 1 aromatic rings. The molecule has 1 aliphatic rings. The van der Waals surface area contributed by atoms with Crippen molar-refractivity contribution in [1.82, 2.24) is 0 Å². The largest absolute Gasteiger partial charge is 0.393 e. The Kier molecular flexibility index (Phi) is 4.37. The van der Waals surface area contributed by atoms with Gasteiger partial charge in [0, 0.05) is 5.92 Å². The molecule has 0 aromatic heterocycles. The molecule has 2 nitrogen and oxygen atoms in total. The molecule has 88 valence electrons. The molecule has 0 unspecified atom stereocenters. The Morgan fingerprint density at radius 3 is 2.62 bits per heavy atom. The third-order valence-electron chi connectivity index (χ3n) is 3.31. The van der Waals surface area contributed by atoms with Crippen molar-refractivity contribution in [3.8, 4) is 0 Å². The van der Waals surface area contributed by atoms with Crippen LogP contribution in [0.1, 0.15) is 31.2 Å². The number of ether oxygens (including phenoxy) is 1. The number of benzene rings is 1. The number of aliphatic hydroxyl groups is 1. The van der Waals surface area contributed by atoms with Crippen LogP contribution in [0.25, 0.3) is 0 Å². The summed E-state index contributed by atoms with van der Waals surface area (Å²) in [6, 6.07) is 10.2. The summed E-state index contributed by atoms with van der Waals surface area (Å²) in [6.45, 7) is 1.35. The summed E-state index contributed by atoms with van der Waals surface area (Å²) in [5.74, 6) is 0.345. The van der Waals surface area contributed by atoms with Gasteiger partial charge in [-0.25, -0.2) is 0 Å². The molecule has 1 saturated carbocycles. The fraction of sp³-hybridized carbons (Fsp3) is 0.571. The van der Waals surface area contributed by atoms with Gasteiger partial charge >= 0.3 is 0 Å². The Hall–Kier alpha value is -0.860. The van der Waals surface area contributed by atoms with Crippen molar-refractivity contribution in [1.29, 1.82) is 0 Å². The van der Waals surface area contributed by atoms with Gasteiger partial charge in [-0.15, -0.1) is 0 Å². The van der Waals surface area contributed by atoms with Gasteiger partial charge in [-0.2, -0.15) is 0 Å². The molecule has 0 bridgehead atoms. The van der Waals surface area contributed by atoms with Gasteiger partial charge in [-0.3, -0.25) is 0 Å². The standard InChI is InChI=1S/C14H20O2/c15-14-9-5-4-8-13(14)11-16-10-12-6-2-1-3-7-12/h1-3,6-7,13-15H,4-5,8-11H2/t13-,14+/m1/s1. The van der Waals surface area contributed by atoms with Crippen molar-refractivity contribution < 1.29 is 9.84 Å². The Morgan fingerprint density at radius 2 is 1.88 bits per heavy atom. The molecule has 1 aromatic carbocycles. The quantitative estimate of drug-likeness (QED) is 0.845. The Bertz CT molecular complexity index is 297. The van der Waals surface area contributed by atoms with E-state index in [0.29, 0.717) is 19.1 Å². The monoisotopic (exact) mass is 220 g/mol. The van der Waals surface area contributed by atoms with Crippen molar-refractivity contribution in [3.63, 3.8) is 0 Å². The molecular weight excluding hydrogens is 200 g/mol. The number of aliphatic hydroxyl groups excluding tert-OH is 1. The molecule has 0 spiro atoms. The lowest BCUT2D eigenvalue weighted by molar-refractivity contribution is -0.000323. The summed E-state index contributed by atoms with van der Waals surface area (Å²) in [6.07, 6.45) is 4.30. The molecule has 0 amide bonds. The van der Waals surface area contributed by atoms with Crippen LogP contribution in [0.4, 0.5) is 0 Å². The summed E-state index contributed by atoms with van der Waals surface area (Å²) in [5, 5.41) is 9.79. The van der Waals surface area contributed by atoms with Gasteiger partial charge in [0.2, 0.25) is 0 Å². The minimum absolute atomic E-state index is 0.149. The lowest BCUT2D eigenvalue weighted by atomic mass is 9.87. The van der Waals surface area contributed by atoms with Crippen molar-refractivity contribution in [2.75, 3.05) is 6.61 Å². The predicted octanol–water partition coefficient (Wildman–Crippen LogP) is 2.75. The number of hydrogen-bond donors (Lipinski definition) is 1. The van der Waals surface area contributed by atoms with Gasteiger partial charge in [0.05, 0.1) is 19.3 Å². The van der Waals surface area contributed by atoms with E-state index in [4.69, 9.17) is 4.74 Å². The van der Waals surface area contributed by atoms with E-state index in [0.717, 1.165) is 19.3 Å². The second-order valence-electron chi connectivity index (χ2n) is 4.61. The first-order valence-corrected chi connectivity index (χ1v) is 6.16. The van der Waals surface area contributed by atoms with E-state index >= 15 is 0 Å². The van der Waals surface area contributed by atoms with Gasteiger partial charge in [-0.1, -0.05) is 43.2 Å². The van der Waals surface area contributed by atoms with Gasteiger partial charge in [0.1, 0.15) is 0 Å². The smallest absolute Gasteiger partial charge is 0.0717 e. The third-order valence-corrected chi connectivity index (χ3v) is 3.31. The Morgan fingerprint density at radius 1 is 1.12 bits per heavy atom. The van der Waals surface area contributed by atoms with Crippen LogP contribution in [0.15, 0.2) is 30.3 Å². The number of hydrogen-bond acceptors (Lipinski definition) is 2. The van der Waals surface area contributed by atoms with Crippen LogP contribution in [0.5, 0.6) is 0 Å². The lowest BCUT2D eigenvalue weighted by Crippen LogP contribution is -2.28. The first kappa shape index (κ1) is 11.6. The van der Waals surface area contributed by atoms with E-state index in [-0.39, 0.29) is 6.10 Å². The Labute approximate surface area is 97.3 Å². The van der Waals surface area contributed by atoms with Crippen molar-refractivity contribution in [2.24, 2.45) is 5.92 Å². The van der Waals surface area contributed by atoms with Gasteiger partial charge in [0.25, 0.3) is 0 Å². The molecule has 16 heavy (non-hydrogen) atoms. The highest BCUT2D eigenvalue weighted by Crippen LogP contribution is 2.24. The molecule has 1 N–H and O–H groups in total. The predicted molar refractivity (Wildman–Crippen MR) is 64.1 cm³/mol. The van der Waals surface area contributed by atoms with Crippen LogP contribution >= 0.6 is 0 Å². The van der Waals surface area contributed by atoms with E-state index in [1.165, 1.54) is 12.0 Å². The maximum atomic E-state index is 9.79. The fourth-order valence-electron chi connectivity index (χ4n) is 2.28. The molecule has 0 saturated heterocycles. The molecule has 2 rings (SSSR count). The molecule has 1 aliphatic carbocycles. The molecule has 0 heterocycles. The first-order chi connectivity index (χ1) is 7.86. The second-order valence-corrected chi connectivity index (χ2v) is 4.61. The second kappa shape index (κ2) is 6.02. The SMILES string of the molecule is O[C@H]1CCCC[C@@H]1COCc1ccccc1. The lowest BCUT2D eigenvalue weighted by Gasteiger charge is -2.27. The van der Waals surface area contributed by atoms with Crippen LogP contribution in [0.2, 0.25) is 0 Å². The zero-order valence-corrected chi connectivity index (χ0v) is 9.64. The van der Waals surface area contributed by atoms with Crippen LogP contribution < -0.4 is 0 Å². The summed E-state index contributed by atoms with van der Waals surface area (Å²) < 4.78 is 5.67. The van der Waals surface area contributed by atoms with E-state index in [1.54, 1.807) is 0 Å². The van der Waals surface area contributed by atoms with E-state index in [1.807, 2.05) is 18.2 Å². The number of rotatable bonds is 4. The topological polar surface area (TPSA) is 29.5 Å². The minimum Gasteiger partial charge on any atom is -0.393 e. The summed E-state index contributed by atoms with van der Waals surface area (Å²) in [7, 11) is 0. The molecule has 0 radical (unpaired) electrons. The van der Waals surface area contributed by atoms with Crippen LogP contribution in [-0.2, 0) is 11.3 Å². The van der Waals surface area contributed by atoms with Crippen LogP contribution in [-0.4, -0.2) is 17.8 Å². The normalized spacial score (nSPS) is 25.6. The Balaban J connectivity index is 1.71. The minimum atomic E-state index is -0.149. The molecule has 0 aliphatic heterocycles. The van der Waals surface area contributed by atoms with Crippen molar-refractivity contribution in [2.45, 2.75) is 38.4 Å². The van der Waals surface area contributed by atoms with Crippen LogP contribution in [0, 0.1) is 5.92 Å². The van der Waals surface area contributed by atoms with Crippen molar-refractivity contribution in [3.05, 3.63) is 35.9 Å². The average molecular weight is 220 g/mol. The molecule has 2 heteroatoms. The first-order valence-electron chi connectivity index (χ1n) is 6.16. The average Bonchev–Trinajstić information content (AvgIpc) is 2.33. The van der Waals surface area contributed by atoms with E-state index in [2.05, 4.69) is 12.1 Å². The van der Waals surface area contributed by atoms with E-state index < -0.39 is 0 Å². The zero-order chi connectivity index (χ0) is 11.2. The summed E-state index contributed by atoms with van der Waals surface area (Å²) >= 11 is 0. The molecule has 2 atom stereocenters. The van der Waals surface area contributed by atoms with E-state index in [9.17, 15) is 5.11 Å².